The summed E-state index contributed by atoms with van der Waals surface area (Å²) in [6.07, 6.45) is 1.48. The van der Waals surface area contributed by atoms with E-state index in [-0.39, 0.29) is 10.6 Å². The van der Waals surface area contributed by atoms with Crippen LogP contribution < -0.4 is 24.1 Å². The molecule has 36 heavy (non-hydrogen) atoms. The van der Waals surface area contributed by atoms with Gasteiger partial charge in [0.1, 0.15) is 6.54 Å². The number of sulfonamides is 1. The van der Waals surface area contributed by atoms with Gasteiger partial charge in [0.2, 0.25) is 0 Å². The maximum Gasteiger partial charge on any atom is 0.264 e. The summed E-state index contributed by atoms with van der Waals surface area (Å²) < 4.78 is 39.4. The lowest BCUT2D eigenvalue weighted by Gasteiger charge is -2.24. The first-order valence-corrected chi connectivity index (χ1v) is 13.0. The minimum atomic E-state index is -4.08. The van der Waals surface area contributed by atoms with E-state index < -0.39 is 22.5 Å². The quantitative estimate of drug-likeness (QED) is 0.291. The average molecular weight is 575 g/mol. The van der Waals surface area contributed by atoms with Gasteiger partial charge in [-0.05, 0) is 57.9 Å². The fraction of sp³-hybridized carbons (Fsp3) is 0.200. The molecule has 3 aromatic carbocycles. The number of hydrazone groups is 1. The number of halogens is 1. The smallest absolute Gasteiger partial charge is 0.264 e. The van der Waals surface area contributed by atoms with Gasteiger partial charge in [-0.15, -0.1) is 0 Å². The normalized spacial score (nSPS) is 11.2. The Kier molecular flexibility index (Phi) is 8.94. The number of rotatable bonds is 10. The topological polar surface area (TPSA) is 101 Å². The fourth-order valence-electron chi connectivity index (χ4n) is 3.33. The number of carbonyl (C=O) groups excluding carboxylic acids is 1. The van der Waals surface area contributed by atoms with Gasteiger partial charge < -0.3 is 14.4 Å². The molecule has 0 aliphatic rings. The molecule has 1 N–H and O–H groups in total. The highest BCUT2D eigenvalue weighted by atomic mass is 79.9. The molecule has 0 aliphatic heterocycles. The number of hydrogen-bond acceptors (Lipinski definition) is 7. The van der Waals surface area contributed by atoms with E-state index in [1.54, 1.807) is 30.3 Å². The van der Waals surface area contributed by atoms with Crippen molar-refractivity contribution < 1.29 is 22.7 Å². The van der Waals surface area contributed by atoms with Crippen molar-refractivity contribution in [1.82, 2.24) is 5.43 Å². The Hall–Kier alpha value is -3.57. The number of ether oxygens (including phenoxy) is 2. The SMILES string of the molecule is COc1ccc(N(CC(=O)N/N=C\c2ccc(N(C)C)c(Br)c2)S(=O)(=O)c2ccccc2)cc1OC. The first-order valence-electron chi connectivity index (χ1n) is 10.8. The van der Waals surface area contributed by atoms with E-state index in [1.165, 1.54) is 38.6 Å². The van der Waals surface area contributed by atoms with Crippen LogP contribution in [0.25, 0.3) is 0 Å². The summed E-state index contributed by atoms with van der Waals surface area (Å²) >= 11 is 3.51. The molecule has 190 valence electrons. The van der Waals surface area contributed by atoms with Crippen molar-refractivity contribution in [3.8, 4) is 11.5 Å². The summed E-state index contributed by atoms with van der Waals surface area (Å²) in [6.45, 7) is -0.507. The molecule has 0 aromatic heterocycles. The highest BCUT2D eigenvalue weighted by molar-refractivity contribution is 9.10. The van der Waals surface area contributed by atoms with Crippen molar-refractivity contribution in [2.24, 2.45) is 5.10 Å². The van der Waals surface area contributed by atoms with Gasteiger partial charge in [-0.25, -0.2) is 13.8 Å². The van der Waals surface area contributed by atoms with E-state index in [0.29, 0.717) is 11.5 Å². The van der Waals surface area contributed by atoms with Crippen LogP contribution in [0.5, 0.6) is 11.5 Å². The molecule has 1 amide bonds. The zero-order valence-electron chi connectivity index (χ0n) is 20.3. The first kappa shape index (κ1) is 27.0. The maximum atomic E-state index is 13.5. The molecule has 0 saturated carbocycles. The van der Waals surface area contributed by atoms with Crippen LogP contribution in [-0.4, -0.2) is 55.4 Å². The van der Waals surface area contributed by atoms with Crippen molar-refractivity contribution in [2.45, 2.75) is 4.90 Å². The van der Waals surface area contributed by atoms with Gasteiger partial charge >= 0.3 is 0 Å². The van der Waals surface area contributed by atoms with Crippen LogP contribution in [0.15, 0.2) is 81.2 Å². The van der Waals surface area contributed by atoms with E-state index in [0.717, 1.165) is 20.0 Å². The molecule has 3 rings (SSSR count). The number of anilines is 2. The van der Waals surface area contributed by atoms with Crippen LogP contribution in [0.2, 0.25) is 0 Å². The van der Waals surface area contributed by atoms with E-state index in [2.05, 4.69) is 26.5 Å². The predicted octanol–water partition coefficient (Wildman–Crippen LogP) is 3.88. The molecule has 0 fully saturated rings. The van der Waals surface area contributed by atoms with Gasteiger partial charge in [0.15, 0.2) is 11.5 Å². The molecular weight excluding hydrogens is 548 g/mol. The number of benzene rings is 3. The Morgan fingerprint density at radius 3 is 2.31 bits per heavy atom. The van der Waals surface area contributed by atoms with Crippen molar-refractivity contribution >= 4 is 49.4 Å². The minimum Gasteiger partial charge on any atom is -0.493 e. The Balaban J connectivity index is 1.86. The van der Waals surface area contributed by atoms with Crippen molar-refractivity contribution in [2.75, 3.05) is 44.1 Å². The Morgan fingerprint density at radius 2 is 1.69 bits per heavy atom. The first-order chi connectivity index (χ1) is 17.2. The molecular formula is C25H27BrN4O5S. The van der Waals surface area contributed by atoms with Crippen molar-refractivity contribution in [3.63, 3.8) is 0 Å². The van der Waals surface area contributed by atoms with Gasteiger partial charge in [0.25, 0.3) is 15.9 Å². The number of nitrogens with one attached hydrogen (secondary N) is 1. The second-order valence-corrected chi connectivity index (χ2v) is 10.5. The highest BCUT2D eigenvalue weighted by Crippen LogP contribution is 2.33. The Morgan fingerprint density at radius 1 is 1.00 bits per heavy atom. The highest BCUT2D eigenvalue weighted by Gasteiger charge is 2.28. The molecule has 9 nitrogen and oxygen atoms in total. The molecule has 0 aliphatic carbocycles. The van der Waals surface area contributed by atoms with Crippen LogP contribution in [0, 0.1) is 0 Å². The van der Waals surface area contributed by atoms with E-state index in [1.807, 2.05) is 37.2 Å². The Labute approximate surface area is 219 Å². The lowest BCUT2D eigenvalue weighted by Crippen LogP contribution is -2.39. The molecule has 3 aromatic rings. The van der Waals surface area contributed by atoms with E-state index >= 15 is 0 Å². The largest absolute Gasteiger partial charge is 0.493 e. The molecule has 0 spiro atoms. The van der Waals surface area contributed by atoms with Gasteiger partial charge in [-0.1, -0.05) is 24.3 Å². The molecule has 0 atom stereocenters. The number of hydrogen-bond donors (Lipinski definition) is 1. The molecule has 0 unspecified atom stereocenters. The number of amides is 1. The lowest BCUT2D eigenvalue weighted by atomic mass is 10.2. The minimum absolute atomic E-state index is 0.0434. The van der Waals surface area contributed by atoms with Crippen LogP contribution in [0.3, 0.4) is 0 Å². The lowest BCUT2D eigenvalue weighted by molar-refractivity contribution is -0.119. The van der Waals surface area contributed by atoms with Gasteiger partial charge in [-0.3, -0.25) is 9.10 Å². The van der Waals surface area contributed by atoms with E-state index in [9.17, 15) is 13.2 Å². The van der Waals surface area contributed by atoms with Gasteiger partial charge in [0, 0.05) is 24.6 Å². The Bertz CT molecular complexity index is 1350. The zero-order valence-corrected chi connectivity index (χ0v) is 22.7. The number of carbonyl (C=O) groups is 1. The average Bonchev–Trinajstić information content (AvgIpc) is 2.87. The third kappa shape index (κ3) is 6.35. The third-order valence-electron chi connectivity index (χ3n) is 5.13. The molecule has 0 radical (unpaired) electrons. The van der Waals surface area contributed by atoms with Crippen LogP contribution >= 0.6 is 15.9 Å². The zero-order chi connectivity index (χ0) is 26.3. The summed E-state index contributed by atoms with van der Waals surface area (Å²) in [5.74, 6) is 0.136. The van der Waals surface area contributed by atoms with Crippen molar-refractivity contribution in [1.29, 1.82) is 0 Å². The summed E-state index contributed by atoms with van der Waals surface area (Å²) in [7, 11) is 2.72. The second kappa shape index (κ2) is 11.9. The summed E-state index contributed by atoms with van der Waals surface area (Å²) in [5, 5.41) is 3.99. The van der Waals surface area contributed by atoms with E-state index in [4.69, 9.17) is 9.47 Å². The predicted molar refractivity (Wildman–Crippen MR) is 145 cm³/mol. The monoisotopic (exact) mass is 574 g/mol. The standard InChI is InChI=1S/C25H27BrN4O5S/c1-29(2)22-12-10-18(14-21(22)26)16-27-28-25(31)17-30(36(32,33)20-8-6-5-7-9-20)19-11-13-23(34-3)24(15-19)35-4/h5-16H,17H2,1-4H3,(H,28,31)/b27-16-. The second-order valence-electron chi connectivity index (χ2n) is 7.76. The number of methoxy groups -OCH3 is 2. The summed E-state index contributed by atoms with van der Waals surface area (Å²) in [5.41, 5.74) is 4.39. The number of nitrogens with zero attached hydrogens (tertiary/aromatic N) is 3. The molecule has 0 heterocycles. The molecule has 0 saturated heterocycles. The van der Waals surface area contributed by atoms with Gasteiger partial charge in [0.05, 0.1) is 36.7 Å². The van der Waals surface area contributed by atoms with Crippen molar-refractivity contribution in [3.05, 3.63) is 76.8 Å². The van der Waals surface area contributed by atoms with Crippen LogP contribution in [0.4, 0.5) is 11.4 Å². The molecule has 11 heteroatoms. The van der Waals surface area contributed by atoms with Crippen LogP contribution in [-0.2, 0) is 14.8 Å². The van der Waals surface area contributed by atoms with Gasteiger partial charge in [-0.2, -0.15) is 5.10 Å². The molecule has 0 bridgehead atoms. The summed E-state index contributed by atoms with van der Waals surface area (Å²) in [4.78, 5) is 14.8. The summed E-state index contributed by atoms with van der Waals surface area (Å²) in [6, 6.07) is 18.1. The third-order valence-corrected chi connectivity index (χ3v) is 7.55. The fourth-order valence-corrected chi connectivity index (χ4v) is 5.51. The van der Waals surface area contributed by atoms with Crippen LogP contribution in [0.1, 0.15) is 5.56 Å². The maximum absolute atomic E-state index is 13.5.